The Morgan fingerprint density at radius 3 is 2.17 bits per heavy atom. The number of amides is 2. The van der Waals surface area contributed by atoms with Gasteiger partial charge in [-0.05, 0) is 72.8 Å². The van der Waals surface area contributed by atoms with Crippen molar-refractivity contribution in [3.63, 3.8) is 0 Å². The molecule has 0 aliphatic heterocycles. The van der Waals surface area contributed by atoms with Gasteiger partial charge in [-0.2, -0.15) is 0 Å². The number of nitrogens with zero attached hydrogens (tertiary/aromatic N) is 1. The number of anilines is 2. The Kier molecular flexibility index (Phi) is 7.54. The molecule has 0 atom stereocenters. The van der Waals surface area contributed by atoms with Crippen molar-refractivity contribution in [2.45, 2.75) is 0 Å². The third kappa shape index (κ3) is 5.68. The summed E-state index contributed by atoms with van der Waals surface area (Å²) in [7, 11) is 3.03. The Labute approximate surface area is 229 Å². The summed E-state index contributed by atoms with van der Waals surface area (Å²) in [5, 5.41) is 5.61. The first-order valence-electron chi connectivity index (χ1n) is 12.2. The molecule has 0 bridgehead atoms. The van der Waals surface area contributed by atoms with Crippen LogP contribution in [0.25, 0.3) is 22.8 Å². The minimum atomic E-state index is -0.513. The quantitative estimate of drug-likeness (QED) is 0.229. The Bertz CT molecular complexity index is 1650. The van der Waals surface area contributed by atoms with E-state index in [0.717, 1.165) is 0 Å². The fraction of sp³-hybridized carbons (Fsp3) is 0.0645. The zero-order valence-electron chi connectivity index (χ0n) is 21.6. The molecule has 200 valence electrons. The van der Waals surface area contributed by atoms with Crippen molar-refractivity contribution in [2.24, 2.45) is 0 Å². The zero-order valence-corrected chi connectivity index (χ0v) is 21.6. The predicted molar refractivity (Wildman–Crippen MR) is 149 cm³/mol. The highest BCUT2D eigenvalue weighted by Crippen LogP contribution is 2.33. The average molecular weight is 538 g/mol. The van der Waals surface area contributed by atoms with E-state index in [4.69, 9.17) is 13.9 Å². The highest BCUT2D eigenvalue weighted by atomic mass is 19.1. The number of rotatable bonds is 8. The summed E-state index contributed by atoms with van der Waals surface area (Å²) in [4.78, 5) is 30.5. The van der Waals surface area contributed by atoms with Gasteiger partial charge in [0.2, 0.25) is 5.89 Å². The van der Waals surface area contributed by atoms with Crippen LogP contribution in [0.1, 0.15) is 20.8 Å². The first-order valence-corrected chi connectivity index (χ1v) is 12.2. The molecule has 8 nitrogen and oxygen atoms in total. The average Bonchev–Trinajstić information content (AvgIpc) is 3.44. The van der Waals surface area contributed by atoms with Gasteiger partial charge in [0.25, 0.3) is 11.8 Å². The number of halogens is 1. The highest BCUT2D eigenvalue weighted by Gasteiger charge is 2.24. The van der Waals surface area contributed by atoms with Crippen molar-refractivity contribution >= 4 is 23.2 Å². The minimum Gasteiger partial charge on any atom is -0.497 e. The molecule has 0 spiro atoms. The van der Waals surface area contributed by atoms with Gasteiger partial charge in [-0.3, -0.25) is 9.59 Å². The molecule has 5 rings (SSSR count). The Morgan fingerprint density at radius 1 is 0.775 bits per heavy atom. The summed E-state index contributed by atoms with van der Waals surface area (Å²) in [6.07, 6.45) is 0. The summed E-state index contributed by atoms with van der Waals surface area (Å²) < 4.78 is 30.0. The number of hydrogen-bond donors (Lipinski definition) is 2. The topological polar surface area (TPSA) is 103 Å². The van der Waals surface area contributed by atoms with Gasteiger partial charge in [-0.15, -0.1) is 0 Å². The van der Waals surface area contributed by atoms with Crippen LogP contribution < -0.4 is 20.1 Å². The fourth-order valence-corrected chi connectivity index (χ4v) is 3.98. The van der Waals surface area contributed by atoms with E-state index in [1.54, 1.807) is 42.5 Å². The number of aromatic nitrogens is 1. The maximum absolute atomic E-state index is 13.5. The smallest absolute Gasteiger partial charge is 0.278 e. The molecule has 5 aromatic rings. The molecular formula is C31H24FN3O5. The van der Waals surface area contributed by atoms with E-state index in [-0.39, 0.29) is 23.3 Å². The molecule has 2 amide bonds. The van der Waals surface area contributed by atoms with Crippen molar-refractivity contribution in [3.8, 4) is 34.3 Å². The van der Waals surface area contributed by atoms with Crippen LogP contribution >= 0.6 is 0 Å². The van der Waals surface area contributed by atoms with Gasteiger partial charge in [0.05, 0.1) is 19.9 Å². The molecule has 2 N–H and O–H groups in total. The van der Waals surface area contributed by atoms with Gasteiger partial charge in [0, 0.05) is 28.4 Å². The van der Waals surface area contributed by atoms with E-state index in [1.165, 1.54) is 38.5 Å². The van der Waals surface area contributed by atoms with E-state index >= 15 is 0 Å². The lowest BCUT2D eigenvalue weighted by molar-refractivity contribution is 0.101. The Morgan fingerprint density at radius 2 is 1.50 bits per heavy atom. The SMILES string of the molecule is COc1ccc(OC)c(NC(=O)c2nc(-c3ccccc3)oc2-c2ccc(NC(=O)c3ccc(F)cc3)cc2)c1. The van der Waals surface area contributed by atoms with Crippen LogP contribution in [-0.4, -0.2) is 31.0 Å². The van der Waals surface area contributed by atoms with Crippen LogP contribution in [0.4, 0.5) is 15.8 Å². The lowest BCUT2D eigenvalue weighted by Gasteiger charge is -2.11. The van der Waals surface area contributed by atoms with Crippen molar-refractivity contribution in [2.75, 3.05) is 24.9 Å². The highest BCUT2D eigenvalue weighted by molar-refractivity contribution is 6.08. The molecule has 4 aromatic carbocycles. The van der Waals surface area contributed by atoms with E-state index in [9.17, 15) is 14.0 Å². The number of benzene rings is 4. The van der Waals surface area contributed by atoms with Gasteiger partial charge >= 0.3 is 0 Å². The maximum Gasteiger partial charge on any atom is 0.278 e. The molecule has 0 fully saturated rings. The molecule has 0 unspecified atom stereocenters. The molecule has 9 heteroatoms. The summed E-state index contributed by atoms with van der Waals surface area (Å²) in [6, 6.07) is 26.3. The Balaban J connectivity index is 1.46. The van der Waals surface area contributed by atoms with Gasteiger partial charge in [0.1, 0.15) is 17.3 Å². The van der Waals surface area contributed by atoms with Crippen LogP contribution in [-0.2, 0) is 0 Å². The number of hydrogen-bond acceptors (Lipinski definition) is 6. The molecule has 0 radical (unpaired) electrons. The van der Waals surface area contributed by atoms with E-state index < -0.39 is 11.7 Å². The lowest BCUT2D eigenvalue weighted by atomic mass is 10.1. The lowest BCUT2D eigenvalue weighted by Crippen LogP contribution is -2.14. The van der Waals surface area contributed by atoms with Crippen LogP contribution in [0.15, 0.2) is 101 Å². The van der Waals surface area contributed by atoms with Crippen molar-refractivity contribution in [1.82, 2.24) is 4.98 Å². The van der Waals surface area contributed by atoms with Crippen LogP contribution in [0.3, 0.4) is 0 Å². The first kappa shape index (κ1) is 26.2. The zero-order chi connectivity index (χ0) is 28.1. The van der Waals surface area contributed by atoms with Crippen molar-refractivity contribution in [1.29, 1.82) is 0 Å². The normalized spacial score (nSPS) is 10.6. The van der Waals surface area contributed by atoms with Crippen LogP contribution in [0, 0.1) is 5.82 Å². The minimum absolute atomic E-state index is 0.0619. The largest absolute Gasteiger partial charge is 0.497 e. The summed E-state index contributed by atoms with van der Waals surface area (Å²) in [5.74, 6) is 0.185. The third-order valence-corrected chi connectivity index (χ3v) is 6.03. The third-order valence-electron chi connectivity index (χ3n) is 6.03. The number of methoxy groups -OCH3 is 2. The number of oxazole rings is 1. The molecule has 0 aliphatic rings. The molecule has 0 saturated heterocycles. The summed E-state index contributed by atoms with van der Waals surface area (Å²) in [6.45, 7) is 0. The van der Waals surface area contributed by atoms with Gasteiger partial charge in [-0.25, -0.2) is 9.37 Å². The predicted octanol–water partition coefficient (Wildman–Crippen LogP) is 6.67. The summed E-state index contributed by atoms with van der Waals surface area (Å²) >= 11 is 0. The fourth-order valence-electron chi connectivity index (χ4n) is 3.98. The van der Waals surface area contributed by atoms with E-state index in [1.807, 2.05) is 30.3 Å². The number of carbonyl (C=O) groups is 2. The monoisotopic (exact) mass is 537 g/mol. The molecule has 0 saturated carbocycles. The van der Waals surface area contributed by atoms with E-state index in [2.05, 4.69) is 15.6 Å². The maximum atomic E-state index is 13.5. The second kappa shape index (κ2) is 11.5. The number of ether oxygens (including phenoxy) is 2. The van der Waals surface area contributed by atoms with Crippen molar-refractivity contribution in [3.05, 3.63) is 114 Å². The number of carbonyl (C=O) groups excluding carboxylic acids is 2. The molecule has 1 heterocycles. The summed E-state index contributed by atoms with van der Waals surface area (Å²) in [5.41, 5.74) is 2.56. The van der Waals surface area contributed by atoms with Gasteiger partial charge < -0.3 is 24.5 Å². The Hall–Kier alpha value is -5.44. The second-order valence-electron chi connectivity index (χ2n) is 8.62. The van der Waals surface area contributed by atoms with Crippen LogP contribution in [0.2, 0.25) is 0 Å². The molecule has 1 aromatic heterocycles. The second-order valence-corrected chi connectivity index (χ2v) is 8.62. The first-order chi connectivity index (χ1) is 19.4. The van der Waals surface area contributed by atoms with Gasteiger partial charge in [0.15, 0.2) is 11.5 Å². The standard InChI is InChI=1S/C31H24FN3O5/c1-38-24-16-17-26(39-2)25(18-24)34-30(37)27-28(40-31(35-27)21-6-4-3-5-7-21)19-10-14-23(15-11-19)33-29(36)20-8-12-22(32)13-9-20/h3-18H,1-2H3,(H,33,36)(H,34,37). The number of nitrogens with one attached hydrogen (secondary N) is 2. The molecule has 0 aliphatic carbocycles. The van der Waals surface area contributed by atoms with E-state index in [0.29, 0.717) is 39.6 Å². The van der Waals surface area contributed by atoms with Gasteiger partial charge in [-0.1, -0.05) is 18.2 Å². The molecule has 40 heavy (non-hydrogen) atoms. The van der Waals surface area contributed by atoms with Crippen molar-refractivity contribution < 1.29 is 27.9 Å². The van der Waals surface area contributed by atoms with Crippen LogP contribution in [0.5, 0.6) is 11.5 Å². The molecular weight excluding hydrogens is 513 g/mol.